The fourth-order valence-electron chi connectivity index (χ4n) is 2.35. The van der Waals surface area contributed by atoms with E-state index in [9.17, 15) is 0 Å². The van der Waals surface area contributed by atoms with Gasteiger partial charge in [0, 0.05) is 29.9 Å². The van der Waals surface area contributed by atoms with Crippen molar-refractivity contribution < 1.29 is 5.11 Å². The van der Waals surface area contributed by atoms with Crippen LogP contribution in [-0.2, 0) is 6.42 Å². The van der Waals surface area contributed by atoms with Gasteiger partial charge in [0.25, 0.3) is 0 Å². The summed E-state index contributed by atoms with van der Waals surface area (Å²) in [5.41, 5.74) is 3.16. The Kier molecular flexibility index (Phi) is 3.79. The monoisotopic (exact) mass is 279 g/mol. The molecule has 0 radical (unpaired) electrons. The van der Waals surface area contributed by atoms with Crippen LogP contribution in [0.5, 0.6) is 0 Å². The number of hydrogen-bond acceptors (Lipinski definition) is 3. The van der Waals surface area contributed by atoms with E-state index in [1.54, 1.807) is 12.4 Å². The summed E-state index contributed by atoms with van der Waals surface area (Å²) < 4.78 is 2.07. The molecule has 0 aliphatic heterocycles. The molecular formula is C17H17N3O. The quantitative estimate of drug-likeness (QED) is 0.747. The van der Waals surface area contributed by atoms with Crippen LogP contribution in [-0.4, -0.2) is 26.2 Å². The summed E-state index contributed by atoms with van der Waals surface area (Å²) >= 11 is 0. The third kappa shape index (κ3) is 2.71. The Balaban J connectivity index is 2.15. The van der Waals surface area contributed by atoms with Crippen molar-refractivity contribution in [3.05, 3.63) is 66.1 Å². The van der Waals surface area contributed by atoms with Crippen LogP contribution in [0.15, 0.2) is 60.4 Å². The van der Waals surface area contributed by atoms with E-state index in [2.05, 4.69) is 32.7 Å². The second-order valence-electron chi connectivity index (χ2n) is 4.99. The smallest absolute Gasteiger partial charge is 0.234 e. The number of para-hydroxylation sites is 1. The van der Waals surface area contributed by atoms with E-state index in [1.165, 1.54) is 0 Å². The Morgan fingerprint density at radius 2 is 1.95 bits per heavy atom. The van der Waals surface area contributed by atoms with E-state index in [0.717, 1.165) is 28.6 Å². The summed E-state index contributed by atoms with van der Waals surface area (Å²) in [6.45, 7) is 2.01. The van der Waals surface area contributed by atoms with Crippen LogP contribution in [0.2, 0.25) is 0 Å². The number of nitrogens with zero attached hydrogens (tertiary/aromatic N) is 3. The number of allylic oxidation sites excluding steroid dienone is 1. The van der Waals surface area contributed by atoms with Gasteiger partial charge in [0.2, 0.25) is 5.95 Å². The summed E-state index contributed by atoms with van der Waals surface area (Å²) in [7, 11) is 0. The summed E-state index contributed by atoms with van der Waals surface area (Å²) in [6.07, 6.45) is 6.26. The minimum Gasteiger partial charge on any atom is -0.392 e. The molecule has 4 nitrogen and oxygen atoms in total. The molecule has 2 aromatic heterocycles. The molecule has 3 aromatic rings. The topological polar surface area (TPSA) is 50.9 Å². The second-order valence-corrected chi connectivity index (χ2v) is 4.99. The van der Waals surface area contributed by atoms with Crippen LogP contribution in [0, 0.1) is 0 Å². The molecule has 0 fully saturated rings. The number of fused-ring (bicyclic) bond motifs is 1. The minimum absolute atomic E-state index is 0.0854. The van der Waals surface area contributed by atoms with Crippen LogP contribution in [0.3, 0.4) is 0 Å². The molecule has 0 bridgehead atoms. The molecule has 2 heterocycles. The highest BCUT2D eigenvalue weighted by molar-refractivity contribution is 5.82. The maximum Gasteiger partial charge on any atom is 0.234 e. The molecule has 3 rings (SSSR count). The van der Waals surface area contributed by atoms with Crippen molar-refractivity contribution in [1.29, 1.82) is 0 Å². The molecule has 1 aromatic carbocycles. The van der Waals surface area contributed by atoms with Crippen LogP contribution in [0.4, 0.5) is 0 Å². The van der Waals surface area contributed by atoms with Gasteiger partial charge in [-0.05, 0) is 25.1 Å². The van der Waals surface area contributed by atoms with Gasteiger partial charge in [-0.1, -0.05) is 29.8 Å². The molecule has 106 valence electrons. The van der Waals surface area contributed by atoms with Crippen molar-refractivity contribution in [2.45, 2.75) is 13.3 Å². The lowest BCUT2D eigenvalue weighted by Gasteiger charge is -2.07. The zero-order chi connectivity index (χ0) is 14.7. The predicted octanol–water partition coefficient (Wildman–Crippen LogP) is 2.90. The Labute approximate surface area is 123 Å². The molecule has 0 saturated heterocycles. The van der Waals surface area contributed by atoms with E-state index < -0.39 is 0 Å². The summed E-state index contributed by atoms with van der Waals surface area (Å²) in [5, 5.41) is 10.3. The third-order valence-electron chi connectivity index (χ3n) is 3.45. The van der Waals surface area contributed by atoms with Crippen LogP contribution >= 0.6 is 0 Å². The fourth-order valence-corrected chi connectivity index (χ4v) is 2.35. The van der Waals surface area contributed by atoms with E-state index in [1.807, 2.05) is 31.2 Å². The molecule has 0 saturated carbocycles. The van der Waals surface area contributed by atoms with Gasteiger partial charge in [-0.2, -0.15) is 0 Å². The number of hydrogen-bond donors (Lipinski definition) is 1. The molecule has 0 amide bonds. The van der Waals surface area contributed by atoms with Gasteiger partial charge in [-0.15, -0.1) is 0 Å². The van der Waals surface area contributed by atoms with E-state index in [4.69, 9.17) is 5.11 Å². The van der Waals surface area contributed by atoms with E-state index in [-0.39, 0.29) is 6.61 Å². The summed E-state index contributed by atoms with van der Waals surface area (Å²) in [6, 6.07) is 12.1. The van der Waals surface area contributed by atoms with Crippen molar-refractivity contribution >= 4 is 10.9 Å². The standard InChI is InChI=1S/C17H17N3O/c1-13(12-21)7-8-15-11-14-5-2-3-6-16(14)20(15)17-18-9-4-10-19-17/h2-7,9-11,21H,8,12H2,1H3/b13-7+. The Hall–Kier alpha value is -2.46. The minimum atomic E-state index is 0.0854. The third-order valence-corrected chi connectivity index (χ3v) is 3.45. The van der Waals surface area contributed by atoms with Crippen LogP contribution in [0.1, 0.15) is 12.6 Å². The number of aromatic nitrogens is 3. The number of benzene rings is 1. The Morgan fingerprint density at radius 3 is 2.71 bits per heavy atom. The molecule has 1 N–H and O–H groups in total. The largest absolute Gasteiger partial charge is 0.392 e. The molecule has 0 aliphatic rings. The van der Waals surface area contributed by atoms with Crippen LogP contribution in [0.25, 0.3) is 16.9 Å². The van der Waals surface area contributed by atoms with Gasteiger partial charge in [0.1, 0.15) is 0 Å². The van der Waals surface area contributed by atoms with Gasteiger partial charge in [0.15, 0.2) is 0 Å². The predicted molar refractivity (Wildman–Crippen MR) is 83.4 cm³/mol. The first-order valence-electron chi connectivity index (χ1n) is 6.93. The maximum atomic E-state index is 9.14. The van der Waals surface area contributed by atoms with E-state index >= 15 is 0 Å². The number of rotatable bonds is 4. The normalized spacial score (nSPS) is 12.0. The van der Waals surface area contributed by atoms with Gasteiger partial charge in [-0.25, -0.2) is 9.97 Å². The first-order valence-corrected chi connectivity index (χ1v) is 6.93. The van der Waals surface area contributed by atoms with Gasteiger partial charge in [-0.3, -0.25) is 4.57 Å². The fraction of sp³-hybridized carbons (Fsp3) is 0.176. The molecule has 0 spiro atoms. The average molecular weight is 279 g/mol. The van der Waals surface area contributed by atoms with Crippen LogP contribution < -0.4 is 0 Å². The molecule has 0 unspecified atom stereocenters. The van der Waals surface area contributed by atoms with Crippen molar-refractivity contribution in [1.82, 2.24) is 14.5 Å². The number of aliphatic hydroxyl groups is 1. The maximum absolute atomic E-state index is 9.14. The molecule has 4 heteroatoms. The zero-order valence-corrected chi connectivity index (χ0v) is 11.9. The highest BCUT2D eigenvalue weighted by atomic mass is 16.3. The second kappa shape index (κ2) is 5.89. The van der Waals surface area contributed by atoms with Crippen molar-refractivity contribution in [2.75, 3.05) is 6.61 Å². The lowest BCUT2D eigenvalue weighted by Crippen LogP contribution is -2.04. The SMILES string of the molecule is C/C(=C\Cc1cc2ccccc2n1-c1ncccn1)CO. The first kappa shape index (κ1) is 13.5. The molecule has 0 aliphatic carbocycles. The van der Waals surface area contributed by atoms with Gasteiger partial charge in [0.05, 0.1) is 12.1 Å². The average Bonchev–Trinajstić information content (AvgIpc) is 2.91. The lowest BCUT2D eigenvalue weighted by molar-refractivity contribution is 0.331. The van der Waals surface area contributed by atoms with Crippen molar-refractivity contribution in [2.24, 2.45) is 0 Å². The Bertz CT molecular complexity index is 775. The number of aliphatic hydroxyl groups excluding tert-OH is 1. The van der Waals surface area contributed by atoms with Gasteiger partial charge < -0.3 is 5.11 Å². The lowest BCUT2D eigenvalue weighted by atomic mass is 10.2. The molecule has 21 heavy (non-hydrogen) atoms. The highest BCUT2D eigenvalue weighted by Crippen LogP contribution is 2.23. The first-order chi connectivity index (χ1) is 10.3. The summed E-state index contributed by atoms with van der Waals surface area (Å²) in [4.78, 5) is 8.72. The van der Waals surface area contributed by atoms with Gasteiger partial charge >= 0.3 is 0 Å². The van der Waals surface area contributed by atoms with Crippen molar-refractivity contribution in [3.8, 4) is 5.95 Å². The summed E-state index contributed by atoms with van der Waals surface area (Å²) in [5.74, 6) is 0.670. The van der Waals surface area contributed by atoms with E-state index in [0.29, 0.717) is 5.95 Å². The molecule has 0 atom stereocenters. The molecular weight excluding hydrogens is 262 g/mol. The Morgan fingerprint density at radius 1 is 1.19 bits per heavy atom. The highest BCUT2D eigenvalue weighted by Gasteiger charge is 2.11. The zero-order valence-electron chi connectivity index (χ0n) is 11.9. The van der Waals surface area contributed by atoms with Crippen molar-refractivity contribution in [3.63, 3.8) is 0 Å².